The van der Waals surface area contributed by atoms with Gasteiger partial charge in [0.15, 0.2) is 0 Å². The van der Waals surface area contributed by atoms with Crippen molar-refractivity contribution >= 4 is 28.6 Å². The number of rotatable bonds is 2. The van der Waals surface area contributed by atoms with Crippen molar-refractivity contribution in [3.63, 3.8) is 0 Å². The van der Waals surface area contributed by atoms with Crippen LogP contribution in [0.3, 0.4) is 0 Å². The predicted molar refractivity (Wildman–Crippen MR) is 71.1 cm³/mol. The lowest BCUT2D eigenvalue weighted by molar-refractivity contribution is -0.136. The second-order valence-electron chi connectivity index (χ2n) is 4.37. The number of nitrogens with zero attached hydrogens (tertiary/aromatic N) is 2. The molecule has 0 aliphatic carbocycles. The minimum Gasteiger partial charge on any atom is -0.480 e. The van der Waals surface area contributed by atoms with Crippen molar-refractivity contribution in [2.24, 2.45) is 0 Å². The van der Waals surface area contributed by atoms with Crippen LogP contribution in [0, 0.1) is 0 Å². The number of carbonyl (C=O) groups is 1. The molecule has 1 aliphatic rings. The maximum atomic E-state index is 11.9. The summed E-state index contributed by atoms with van der Waals surface area (Å²) in [6.07, 6.45) is 4.39. The highest BCUT2D eigenvalue weighted by atomic mass is 32.2. The minimum atomic E-state index is -0.808. The van der Waals surface area contributed by atoms with Crippen LogP contribution >= 0.6 is 11.8 Å². The third-order valence-electron chi connectivity index (χ3n) is 3.13. The fourth-order valence-corrected chi connectivity index (χ4v) is 3.48. The second-order valence-corrected chi connectivity index (χ2v) is 5.78. The fraction of sp³-hybridized carbons (Fsp3) is 0.333. The molecule has 1 aliphatic heterocycles. The highest BCUT2D eigenvalue weighted by molar-refractivity contribution is 8.01. The van der Waals surface area contributed by atoms with E-state index in [4.69, 9.17) is 5.11 Å². The monoisotopic (exact) mass is 277 g/mol. The molecule has 2 aromatic rings. The average Bonchev–Trinajstić information content (AvgIpc) is 2.88. The lowest BCUT2D eigenvalue weighted by Crippen LogP contribution is -2.14. The smallest absolute Gasteiger partial charge is 0.316 e. The topological polar surface area (TPSA) is 95.9 Å². The zero-order valence-corrected chi connectivity index (χ0v) is 10.7. The van der Waals surface area contributed by atoms with E-state index in [2.05, 4.69) is 15.0 Å². The Morgan fingerprint density at radius 3 is 3.05 bits per heavy atom. The molecule has 0 amide bonds. The number of pyridine rings is 1. The lowest BCUT2D eigenvalue weighted by atomic mass is 10.2. The van der Waals surface area contributed by atoms with E-state index in [0.717, 1.165) is 0 Å². The summed E-state index contributed by atoms with van der Waals surface area (Å²) in [5.74, 6) is -0.267. The minimum absolute atomic E-state index is 0.0709. The summed E-state index contributed by atoms with van der Waals surface area (Å²) in [6.45, 7) is 0. The largest absolute Gasteiger partial charge is 0.480 e. The number of fused-ring (bicyclic) bond motifs is 1. The summed E-state index contributed by atoms with van der Waals surface area (Å²) in [5, 5.41) is 8.99. The molecule has 6 nitrogen and oxygen atoms in total. The zero-order valence-electron chi connectivity index (χ0n) is 9.87. The molecule has 2 aromatic heterocycles. The van der Waals surface area contributed by atoms with Gasteiger partial charge in [0, 0.05) is 6.20 Å². The first kappa shape index (κ1) is 12.2. The van der Waals surface area contributed by atoms with E-state index in [1.54, 1.807) is 18.5 Å². The number of hydrogen-bond donors (Lipinski definition) is 2. The number of carboxylic acid groups (broad SMARTS) is 1. The van der Waals surface area contributed by atoms with Crippen molar-refractivity contribution in [3.05, 3.63) is 34.6 Å². The Morgan fingerprint density at radius 2 is 2.32 bits per heavy atom. The molecule has 0 unspecified atom stereocenters. The first-order valence-electron chi connectivity index (χ1n) is 5.87. The molecule has 19 heavy (non-hydrogen) atoms. The molecular weight excluding hydrogens is 266 g/mol. The van der Waals surface area contributed by atoms with Crippen LogP contribution in [0.2, 0.25) is 0 Å². The van der Waals surface area contributed by atoms with Gasteiger partial charge in [0.05, 0.1) is 22.3 Å². The number of aromatic amines is 1. The molecule has 3 rings (SSSR count). The number of thioether (sulfide) groups is 1. The van der Waals surface area contributed by atoms with Crippen molar-refractivity contribution in [1.82, 2.24) is 15.0 Å². The molecule has 0 aromatic carbocycles. The van der Waals surface area contributed by atoms with Crippen LogP contribution in [0.4, 0.5) is 0 Å². The van der Waals surface area contributed by atoms with E-state index in [1.165, 1.54) is 11.8 Å². The first-order chi connectivity index (χ1) is 9.15. The molecule has 3 heterocycles. The van der Waals surface area contributed by atoms with Gasteiger partial charge in [-0.3, -0.25) is 14.6 Å². The summed E-state index contributed by atoms with van der Waals surface area (Å²) >= 11 is 1.34. The van der Waals surface area contributed by atoms with Gasteiger partial charge in [0.1, 0.15) is 11.1 Å². The Hall–Kier alpha value is -1.89. The average molecular weight is 277 g/mol. The van der Waals surface area contributed by atoms with Gasteiger partial charge in [-0.05, 0) is 18.9 Å². The standard InChI is InChI=1S/C12H11N3O3S/c16-11-6-3-4-13-5-7(6)14-10(15-11)8-1-2-9(19-8)12(17)18/h3-5,8-9H,1-2H2,(H,17,18)(H,14,15,16)/t8-,9+/m1/s1. The maximum absolute atomic E-state index is 11.9. The summed E-state index contributed by atoms with van der Waals surface area (Å²) in [4.78, 5) is 33.9. The van der Waals surface area contributed by atoms with Crippen LogP contribution < -0.4 is 5.56 Å². The zero-order chi connectivity index (χ0) is 13.4. The quantitative estimate of drug-likeness (QED) is 0.860. The Labute approximate surface area is 112 Å². The van der Waals surface area contributed by atoms with Crippen LogP contribution in [0.1, 0.15) is 23.9 Å². The van der Waals surface area contributed by atoms with E-state index < -0.39 is 11.2 Å². The first-order valence-corrected chi connectivity index (χ1v) is 6.81. The number of aromatic nitrogens is 3. The Balaban J connectivity index is 1.98. The van der Waals surface area contributed by atoms with Crippen molar-refractivity contribution in [2.45, 2.75) is 23.3 Å². The van der Waals surface area contributed by atoms with Gasteiger partial charge in [-0.15, -0.1) is 11.8 Å². The van der Waals surface area contributed by atoms with Gasteiger partial charge < -0.3 is 10.1 Å². The number of H-pyrrole nitrogens is 1. The van der Waals surface area contributed by atoms with Crippen LogP contribution in [-0.2, 0) is 4.79 Å². The normalized spacial score (nSPS) is 22.7. The SMILES string of the molecule is O=C(O)[C@@H]1CC[C@H](c2nc3cnccc3c(=O)[nH]2)S1. The molecule has 0 spiro atoms. The van der Waals surface area contributed by atoms with Gasteiger partial charge in [-0.2, -0.15) is 0 Å². The van der Waals surface area contributed by atoms with Gasteiger partial charge >= 0.3 is 5.97 Å². The number of carboxylic acids is 1. The van der Waals surface area contributed by atoms with Crippen molar-refractivity contribution in [1.29, 1.82) is 0 Å². The van der Waals surface area contributed by atoms with Gasteiger partial charge in [-0.1, -0.05) is 0 Å². The van der Waals surface area contributed by atoms with E-state index in [9.17, 15) is 9.59 Å². The Morgan fingerprint density at radius 1 is 1.47 bits per heavy atom. The lowest BCUT2D eigenvalue weighted by Gasteiger charge is -2.09. The van der Waals surface area contributed by atoms with Crippen molar-refractivity contribution in [3.8, 4) is 0 Å². The number of aliphatic carboxylic acids is 1. The maximum Gasteiger partial charge on any atom is 0.316 e. The van der Waals surface area contributed by atoms with Crippen LogP contribution in [-0.4, -0.2) is 31.3 Å². The second kappa shape index (κ2) is 4.65. The van der Waals surface area contributed by atoms with Crippen LogP contribution in [0.15, 0.2) is 23.3 Å². The van der Waals surface area contributed by atoms with Gasteiger partial charge in [0.2, 0.25) is 0 Å². The molecule has 1 fully saturated rings. The van der Waals surface area contributed by atoms with E-state index in [0.29, 0.717) is 29.6 Å². The molecule has 7 heteroatoms. The fourth-order valence-electron chi connectivity index (χ4n) is 2.18. The molecule has 0 saturated carbocycles. The van der Waals surface area contributed by atoms with E-state index in [-0.39, 0.29) is 10.8 Å². The highest BCUT2D eigenvalue weighted by Crippen LogP contribution is 2.43. The van der Waals surface area contributed by atoms with Crippen molar-refractivity contribution in [2.75, 3.05) is 0 Å². The van der Waals surface area contributed by atoms with Crippen LogP contribution in [0.5, 0.6) is 0 Å². The van der Waals surface area contributed by atoms with Gasteiger partial charge in [-0.25, -0.2) is 4.98 Å². The van der Waals surface area contributed by atoms with Crippen LogP contribution in [0.25, 0.3) is 10.9 Å². The Kier molecular flexibility index (Phi) is 2.98. The summed E-state index contributed by atoms with van der Waals surface area (Å²) in [5.41, 5.74) is 0.336. The predicted octanol–water partition coefficient (Wildman–Crippen LogP) is 1.34. The van der Waals surface area contributed by atoms with E-state index in [1.807, 2.05) is 0 Å². The number of hydrogen-bond acceptors (Lipinski definition) is 5. The van der Waals surface area contributed by atoms with Crippen molar-refractivity contribution < 1.29 is 9.90 Å². The molecule has 1 saturated heterocycles. The molecule has 0 radical (unpaired) electrons. The molecule has 98 valence electrons. The summed E-state index contributed by atoms with van der Waals surface area (Å²) in [7, 11) is 0. The van der Waals surface area contributed by atoms with E-state index >= 15 is 0 Å². The third kappa shape index (κ3) is 2.21. The summed E-state index contributed by atoms with van der Waals surface area (Å²) < 4.78 is 0. The molecule has 2 atom stereocenters. The molecular formula is C12H11N3O3S. The van der Waals surface area contributed by atoms with Gasteiger partial charge in [0.25, 0.3) is 5.56 Å². The molecule has 2 N–H and O–H groups in total. The summed E-state index contributed by atoms with van der Waals surface area (Å²) in [6, 6.07) is 1.62. The molecule has 0 bridgehead atoms. The number of nitrogens with one attached hydrogen (secondary N) is 1. The highest BCUT2D eigenvalue weighted by Gasteiger charge is 2.32. The Bertz CT molecular complexity index is 700. The third-order valence-corrected chi connectivity index (χ3v) is 4.68.